The summed E-state index contributed by atoms with van der Waals surface area (Å²) < 4.78 is 0. The maximum atomic E-state index is 3.57. The number of hydrogen-bond acceptors (Lipinski definition) is 0. The quantitative estimate of drug-likeness (QED) is 0.703. The molecule has 2 aliphatic carbocycles. The van der Waals surface area contributed by atoms with Crippen molar-refractivity contribution in [3.05, 3.63) is 58.4 Å². The minimum absolute atomic E-state index is 0.368. The molecule has 1 N–H and O–H groups in total. The molecule has 1 fully saturated rings. The molecule has 0 saturated heterocycles. The van der Waals surface area contributed by atoms with E-state index in [0.717, 1.165) is 0 Å². The fourth-order valence-corrected chi connectivity index (χ4v) is 3.54. The van der Waals surface area contributed by atoms with Gasteiger partial charge in [-0.3, -0.25) is 0 Å². The van der Waals surface area contributed by atoms with Crippen LogP contribution in [-0.4, -0.2) is 4.98 Å². The second kappa shape index (κ2) is 3.04. The van der Waals surface area contributed by atoms with Gasteiger partial charge in [0.25, 0.3) is 0 Å². The standard InChI is InChI=1S/C16H17N/c1-11-10-14-15(17-11)7-6-12-4-2-3-5-13(12)16(14)8-9-16/h2-5,10,17H,6-9H2,1H3. The van der Waals surface area contributed by atoms with Crippen molar-refractivity contribution < 1.29 is 0 Å². The van der Waals surface area contributed by atoms with E-state index >= 15 is 0 Å². The Kier molecular flexibility index (Phi) is 1.70. The Balaban J connectivity index is 1.99. The van der Waals surface area contributed by atoms with Gasteiger partial charge in [-0.2, -0.15) is 0 Å². The summed E-state index contributed by atoms with van der Waals surface area (Å²) in [6.07, 6.45) is 5.01. The first-order chi connectivity index (χ1) is 8.29. The zero-order valence-electron chi connectivity index (χ0n) is 10.2. The number of fused-ring (bicyclic) bond motifs is 4. The first kappa shape index (κ1) is 9.52. The van der Waals surface area contributed by atoms with Crippen molar-refractivity contribution in [2.24, 2.45) is 0 Å². The lowest BCUT2D eigenvalue weighted by Gasteiger charge is -2.16. The monoisotopic (exact) mass is 223 g/mol. The number of aromatic amines is 1. The van der Waals surface area contributed by atoms with Crippen molar-refractivity contribution in [1.82, 2.24) is 4.98 Å². The van der Waals surface area contributed by atoms with Gasteiger partial charge >= 0.3 is 0 Å². The molecule has 0 amide bonds. The third-order valence-electron chi connectivity index (χ3n) is 4.48. The lowest BCUT2D eigenvalue weighted by atomic mass is 9.87. The molecule has 2 aromatic rings. The molecule has 1 aromatic carbocycles. The van der Waals surface area contributed by atoms with E-state index in [1.54, 1.807) is 16.7 Å². The number of aryl methyl sites for hydroxylation is 3. The highest BCUT2D eigenvalue weighted by molar-refractivity contribution is 5.53. The molecule has 17 heavy (non-hydrogen) atoms. The molecular formula is C16H17N. The molecule has 1 aromatic heterocycles. The third-order valence-corrected chi connectivity index (χ3v) is 4.48. The molecule has 86 valence electrons. The van der Waals surface area contributed by atoms with Crippen LogP contribution in [0.15, 0.2) is 30.3 Å². The highest BCUT2D eigenvalue weighted by Crippen LogP contribution is 2.56. The molecule has 0 radical (unpaired) electrons. The Labute approximate surface area is 102 Å². The normalized spacial score (nSPS) is 19.6. The van der Waals surface area contributed by atoms with Crippen LogP contribution in [0.2, 0.25) is 0 Å². The average Bonchev–Trinajstić information content (AvgIpc) is 3.07. The summed E-state index contributed by atoms with van der Waals surface area (Å²) >= 11 is 0. The minimum Gasteiger partial charge on any atom is -0.362 e. The Morgan fingerprint density at radius 3 is 2.71 bits per heavy atom. The van der Waals surface area contributed by atoms with Crippen LogP contribution in [0.5, 0.6) is 0 Å². The topological polar surface area (TPSA) is 15.8 Å². The van der Waals surface area contributed by atoms with Crippen LogP contribution in [0.4, 0.5) is 0 Å². The maximum Gasteiger partial charge on any atom is 0.0224 e. The second-order valence-electron chi connectivity index (χ2n) is 5.58. The van der Waals surface area contributed by atoms with Crippen molar-refractivity contribution in [3.8, 4) is 0 Å². The smallest absolute Gasteiger partial charge is 0.0224 e. The lowest BCUT2D eigenvalue weighted by Crippen LogP contribution is -2.09. The van der Waals surface area contributed by atoms with E-state index in [1.807, 2.05) is 0 Å². The predicted molar refractivity (Wildman–Crippen MR) is 69.4 cm³/mol. The minimum atomic E-state index is 0.368. The van der Waals surface area contributed by atoms with Crippen LogP contribution in [0.1, 0.15) is 40.9 Å². The third kappa shape index (κ3) is 1.20. The van der Waals surface area contributed by atoms with Gasteiger partial charge in [-0.15, -0.1) is 0 Å². The molecule has 1 heterocycles. The summed E-state index contributed by atoms with van der Waals surface area (Å²) in [5, 5.41) is 0. The number of aromatic nitrogens is 1. The van der Waals surface area contributed by atoms with Gasteiger partial charge in [-0.05, 0) is 55.4 Å². The highest BCUT2D eigenvalue weighted by Gasteiger charge is 2.49. The van der Waals surface area contributed by atoms with Gasteiger partial charge in [0.2, 0.25) is 0 Å². The molecule has 4 rings (SSSR count). The molecular weight excluding hydrogens is 206 g/mol. The van der Waals surface area contributed by atoms with E-state index in [2.05, 4.69) is 42.2 Å². The SMILES string of the molecule is Cc1cc2c([nH]1)CCc1ccccc1C21CC1. The van der Waals surface area contributed by atoms with E-state index in [0.29, 0.717) is 5.41 Å². The zero-order valence-corrected chi connectivity index (χ0v) is 10.2. The Morgan fingerprint density at radius 2 is 1.88 bits per heavy atom. The summed E-state index contributed by atoms with van der Waals surface area (Å²) in [5.74, 6) is 0. The van der Waals surface area contributed by atoms with Gasteiger partial charge in [0, 0.05) is 16.8 Å². The first-order valence-corrected chi connectivity index (χ1v) is 6.57. The van der Waals surface area contributed by atoms with Crippen LogP contribution >= 0.6 is 0 Å². The molecule has 0 atom stereocenters. The predicted octanol–water partition coefficient (Wildman–Crippen LogP) is 3.50. The summed E-state index contributed by atoms with van der Waals surface area (Å²) in [6, 6.07) is 11.4. The lowest BCUT2D eigenvalue weighted by molar-refractivity contribution is 0.840. The van der Waals surface area contributed by atoms with Gasteiger partial charge < -0.3 is 4.98 Å². The van der Waals surface area contributed by atoms with Gasteiger partial charge in [0.1, 0.15) is 0 Å². The number of benzene rings is 1. The fraction of sp³-hybridized carbons (Fsp3) is 0.375. The van der Waals surface area contributed by atoms with Crippen molar-refractivity contribution in [2.75, 3.05) is 0 Å². The fourth-order valence-electron chi connectivity index (χ4n) is 3.54. The average molecular weight is 223 g/mol. The zero-order chi connectivity index (χ0) is 11.5. The number of H-pyrrole nitrogens is 1. The molecule has 2 aliphatic rings. The van der Waals surface area contributed by atoms with Gasteiger partial charge in [0.15, 0.2) is 0 Å². The number of hydrogen-bond donors (Lipinski definition) is 1. The molecule has 1 spiro atoms. The van der Waals surface area contributed by atoms with Crippen molar-refractivity contribution >= 4 is 0 Å². The first-order valence-electron chi connectivity index (χ1n) is 6.57. The maximum absolute atomic E-state index is 3.57. The summed E-state index contributed by atoms with van der Waals surface area (Å²) in [7, 11) is 0. The van der Waals surface area contributed by atoms with E-state index in [4.69, 9.17) is 0 Å². The molecule has 0 bridgehead atoms. The van der Waals surface area contributed by atoms with Crippen LogP contribution < -0.4 is 0 Å². The van der Waals surface area contributed by atoms with Crippen LogP contribution in [0.3, 0.4) is 0 Å². The van der Waals surface area contributed by atoms with Gasteiger partial charge in [0.05, 0.1) is 0 Å². The van der Waals surface area contributed by atoms with E-state index in [9.17, 15) is 0 Å². The highest BCUT2D eigenvalue weighted by atomic mass is 14.7. The molecule has 0 aliphatic heterocycles. The van der Waals surface area contributed by atoms with E-state index < -0.39 is 0 Å². The van der Waals surface area contributed by atoms with Gasteiger partial charge in [-0.25, -0.2) is 0 Å². The van der Waals surface area contributed by atoms with E-state index in [-0.39, 0.29) is 0 Å². The van der Waals surface area contributed by atoms with Gasteiger partial charge in [-0.1, -0.05) is 24.3 Å². The summed E-state index contributed by atoms with van der Waals surface area (Å²) in [6.45, 7) is 2.18. The molecule has 1 nitrogen and oxygen atoms in total. The van der Waals surface area contributed by atoms with E-state index in [1.165, 1.54) is 37.1 Å². The Hall–Kier alpha value is -1.50. The summed E-state index contributed by atoms with van der Waals surface area (Å²) in [5.41, 5.74) is 7.91. The molecule has 1 saturated carbocycles. The van der Waals surface area contributed by atoms with Crippen molar-refractivity contribution in [3.63, 3.8) is 0 Å². The second-order valence-corrected chi connectivity index (χ2v) is 5.58. The Morgan fingerprint density at radius 1 is 1.06 bits per heavy atom. The largest absolute Gasteiger partial charge is 0.362 e. The number of nitrogens with one attached hydrogen (secondary N) is 1. The van der Waals surface area contributed by atoms with Crippen molar-refractivity contribution in [1.29, 1.82) is 0 Å². The van der Waals surface area contributed by atoms with Crippen LogP contribution in [-0.2, 0) is 18.3 Å². The van der Waals surface area contributed by atoms with Crippen molar-refractivity contribution in [2.45, 2.75) is 38.0 Å². The Bertz CT molecular complexity index is 587. The summed E-state index contributed by atoms with van der Waals surface area (Å²) in [4.78, 5) is 3.57. The van der Waals surface area contributed by atoms with Crippen LogP contribution in [0, 0.1) is 6.92 Å². The van der Waals surface area contributed by atoms with Crippen LogP contribution in [0.25, 0.3) is 0 Å². The molecule has 1 heteroatoms. The molecule has 0 unspecified atom stereocenters. The number of rotatable bonds is 0.